The van der Waals surface area contributed by atoms with Crippen LogP contribution >= 0.6 is 0 Å². The SMILES string of the molecule is CC(CC#N)c1ccc(N)cc1. The molecule has 0 aliphatic carbocycles. The maximum absolute atomic E-state index is 8.48. The second kappa shape index (κ2) is 3.77. The second-order valence-corrected chi connectivity index (χ2v) is 2.93. The number of hydrogen-bond donors (Lipinski definition) is 1. The van der Waals surface area contributed by atoms with Gasteiger partial charge >= 0.3 is 0 Å². The van der Waals surface area contributed by atoms with Crippen LogP contribution < -0.4 is 5.73 Å². The predicted octanol–water partition coefficient (Wildman–Crippen LogP) is 2.29. The van der Waals surface area contributed by atoms with Gasteiger partial charge in [-0.05, 0) is 23.6 Å². The molecule has 0 heterocycles. The van der Waals surface area contributed by atoms with Crippen LogP contribution in [0.3, 0.4) is 0 Å². The molecule has 1 unspecified atom stereocenters. The number of rotatable bonds is 2. The standard InChI is InChI=1S/C10H12N2/c1-8(6-7-11)9-2-4-10(12)5-3-9/h2-5,8H,6,12H2,1H3. The molecule has 0 spiro atoms. The van der Waals surface area contributed by atoms with E-state index >= 15 is 0 Å². The van der Waals surface area contributed by atoms with E-state index in [9.17, 15) is 0 Å². The summed E-state index contributed by atoms with van der Waals surface area (Å²) in [5.74, 6) is 0.301. The van der Waals surface area contributed by atoms with Gasteiger partial charge in [-0.15, -0.1) is 0 Å². The summed E-state index contributed by atoms with van der Waals surface area (Å²) in [6.07, 6.45) is 0.559. The summed E-state index contributed by atoms with van der Waals surface area (Å²) >= 11 is 0. The Hall–Kier alpha value is -1.49. The molecule has 0 aromatic heterocycles. The Labute approximate surface area is 72.6 Å². The van der Waals surface area contributed by atoms with E-state index in [1.165, 1.54) is 5.56 Å². The molecule has 2 heteroatoms. The summed E-state index contributed by atoms with van der Waals surface area (Å²) in [5.41, 5.74) is 7.47. The van der Waals surface area contributed by atoms with Gasteiger partial charge in [0.2, 0.25) is 0 Å². The number of nitrogens with zero attached hydrogens (tertiary/aromatic N) is 1. The molecule has 0 aliphatic heterocycles. The number of nitrogen functional groups attached to an aromatic ring is 1. The van der Waals surface area contributed by atoms with Crippen LogP contribution in [0.25, 0.3) is 0 Å². The minimum Gasteiger partial charge on any atom is -0.399 e. The first-order chi connectivity index (χ1) is 5.74. The lowest BCUT2D eigenvalue weighted by atomic mass is 9.98. The third kappa shape index (κ3) is 2.00. The van der Waals surface area contributed by atoms with Crippen LogP contribution in [0, 0.1) is 11.3 Å². The van der Waals surface area contributed by atoms with Crippen LogP contribution in [0.2, 0.25) is 0 Å². The molecule has 2 N–H and O–H groups in total. The molecule has 0 fully saturated rings. The first-order valence-electron chi connectivity index (χ1n) is 3.96. The smallest absolute Gasteiger partial charge is 0.0628 e. The molecule has 0 bridgehead atoms. The van der Waals surface area contributed by atoms with E-state index in [2.05, 4.69) is 6.07 Å². The Bertz CT molecular complexity index is 282. The zero-order valence-electron chi connectivity index (χ0n) is 7.12. The van der Waals surface area contributed by atoms with E-state index < -0.39 is 0 Å². The Kier molecular flexibility index (Phi) is 2.71. The summed E-state index contributed by atoms with van der Waals surface area (Å²) < 4.78 is 0. The van der Waals surface area contributed by atoms with Gasteiger partial charge in [-0.25, -0.2) is 0 Å². The Balaban J connectivity index is 2.76. The molecular formula is C10H12N2. The summed E-state index contributed by atoms with van der Waals surface area (Å²) in [5, 5.41) is 8.48. The first kappa shape index (κ1) is 8.61. The molecule has 0 amide bonds. The Morgan fingerprint density at radius 3 is 2.50 bits per heavy atom. The highest BCUT2D eigenvalue weighted by atomic mass is 14.5. The van der Waals surface area contributed by atoms with Gasteiger partial charge in [-0.1, -0.05) is 19.1 Å². The van der Waals surface area contributed by atoms with Crippen molar-refractivity contribution in [1.82, 2.24) is 0 Å². The highest BCUT2D eigenvalue weighted by Gasteiger charge is 2.02. The van der Waals surface area contributed by atoms with Crippen molar-refractivity contribution in [3.05, 3.63) is 29.8 Å². The van der Waals surface area contributed by atoms with Crippen molar-refractivity contribution in [3.8, 4) is 6.07 Å². The zero-order chi connectivity index (χ0) is 8.97. The van der Waals surface area contributed by atoms with Crippen molar-refractivity contribution in [2.45, 2.75) is 19.3 Å². The topological polar surface area (TPSA) is 49.8 Å². The average Bonchev–Trinajstić information content (AvgIpc) is 2.06. The first-order valence-corrected chi connectivity index (χ1v) is 3.96. The molecule has 1 aromatic carbocycles. The molecule has 62 valence electrons. The van der Waals surface area contributed by atoms with E-state index in [1.54, 1.807) is 0 Å². The number of benzene rings is 1. The number of nitrogens with two attached hydrogens (primary N) is 1. The lowest BCUT2D eigenvalue weighted by molar-refractivity contribution is 0.789. The zero-order valence-corrected chi connectivity index (χ0v) is 7.12. The highest BCUT2D eigenvalue weighted by Crippen LogP contribution is 2.18. The fourth-order valence-corrected chi connectivity index (χ4v) is 1.08. The minimum atomic E-state index is 0.301. The molecule has 0 saturated heterocycles. The molecule has 1 atom stereocenters. The minimum absolute atomic E-state index is 0.301. The van der Waals surface area contributed by atoms with Crippen LogP contribution in [0.15, 0.2) is 24.3 Å². The normalized spacial score (nSPS) is 12.0. The van der Waals surface area contributed by atoms with Gasteiger partial charge in [0.15, 0.2) is 0 Å². The largest absolute Gasteiger partial charge is 0.399 e. The van der Waals surface area contributed by atoms with Crippen LogP contribution in [-0.4, -0.2) is 0 Å². The van der Waals surface area contributed by atoms with E-state index in [-0.39, 0.29) is 0 Å². The second-order valence-electron chi connectivity index (χ2n) is 2.93. The number of nitriles is 1. The van der Waals surface area contributed by atoms with Crippen LogP contribution in [-0.2, 0) is 0 Å². The number of hydrogen-bond acceptors (Lipinski definition) is 2. The molecule has 1 aromatic rings. The quantitative estimate of drug-likeness (QED) is 0.675. The van der Waals surface area contributed by atoms with Crippen molar-refractivity contribution in [3.63, 3.8) is 0 Å². The Morgan fingerprint density at radius 2 is 2.00 bits per heavy atom. The maximum Gasteiger partial charge on any atom is 0.0628 e. The molecular weight excluding hydrogens is 148 g/mol. The third-order valence-corrected chi connectivity index (χ3v) is 1.90. The van der Waals surface area contributed by atoms with Gasteiger partial charge in [-0.3, -0.25) is 0 Å². The van der Waals surface area contributed by atoms with Crippen molar-refractivity contribution in [2.24, 2.45) is 0 Å². The Morgan fingerprint density at radius 1 is 1.42 bits per heavy atom. The average molecular weight is 160 g/mol. The summed E-state index contributed by atoms with van der Waals surface area (Å²) in [4.78, 5) is 0. The van der Waals surface area contributed by atoms with Gasteiger partial charge in [0, 0.05) is 12.1 Å². The van der Waals surface area contributed by atoms with Gasteiger partial charge in [0.1, 0.15) is 0 Å². The van der Waals surface area contributed by atoms with Gasteiger partial charge in [0.05, 0.1) is 6.07 Å². The van der Waals surface area contributed by atoms with Gasteiger partial charge in [-0.2, -0.15) is 5.26 Å². The van der Waals surface area contributed by atoms with Crippen molar-refractivity contribution in [2.75, 3.05) is 5.73 Å². The van der Waals surface area contributed by atoms with Crippen molar-refractivity contribution < 1.29 is 0 Å². The van der Waals surface area contributed by atoms with Crippen LogP contribution in [0.5, 0.6) is 0 Å². The fourth-order valence-electron chi connectivity index (χ4n) is 1.08. The molecule has 0 aliphatic rings. The van der Waals surface area contributed by atoms with Crippen LogP contribution in [0.4, 0.5) is 5.69 Å². The summed E-state index contributed by atoms with van der Waals surface area (Å²) in [7, 11) is 0. The van der Waals surface area contributed by atoms with Gasteiger partial charge < -0.3 is 5.73 Å². The molecule has 0 saturated carbocycles. The maximum atomic E-state index is 8.48. The van der Waals surface area contributed by atoms with Crippen LogP contribution in [0.1, 0.15) is 24.8 Å². The lowest BCUT2D eigenvalue weighted by Gasteiger charge is -2.06. The van der Waals surface area contributed by atoms with Gasteiger partial charge in [0.25, 0.3) is 0 Å². The summed E-state index contributed by atoms with van der Waals surface area (Å²) in [6.45, 7) is 2.04. The molecule has 2 nitrogen and oxygen atoms in total. The van der Waals surface area contributed by atoms with E-state index in [4.69, 9.17) is 11.0 Å². The van der Waals surface area contributed by atoms with Crippen molar-refractivity contribution in [1.29, 1.82) is 5.26 Å². The van der Waals surface area contributed by atoms with E-state index in [1.807, 2.05) is 31.2 Å². The summed E-state index contributed by atoms with van der Waals surface area (Å²) in [6, 6.07) is 9.82. The molecule has 12 heavy (non-hydrogen) atoms. The lowest BCUT2D eigenvalue weighted by Crippen LogP contribution is -1.92. The molecule has 1 rings (SSSR count). The monoisotopic (exact) mass is 160 g/mol. The van der Waals surface area contributed by atoms with E-state index in [0.29, 0.717) is 12.3 Å². The molecule has 0 radical (unpaired) electrons. The predicted molar refractivity (Wildman–Crippen MR) is 49.5 cm³/mol. The highest BCUT2D eigenvalue weighted by molar-refractivity contribution is 5.40. The third-order valence-electron chi connectivity index (χ3n) is 1.90. The van der Waals surface area contributed by atoms with E-state index in [0.717, 1.165) is 5.69 Å². The van der Waals surface area contributed by atoms with Crippen molar-refractivity contribution >= 4 is 5.69 Å². The fraction of sp³-hybridized carbons (Fsp3) is 0.300. The number of anilines is 1.